The first kappa shape index (κ1) is 43.0. The number of aliphatic hydroxyl groups excluding tert-OH is 1. The average Bonchev–Trinajstić information content (AvgIpc) is 3.03. The second kappa shape index (κ2) is 34.9. The fourth-order valence-corrected chi connectivity index (χ4v) is 5.24. The van der Waals surface area contributed by atoms with E-state index in [1.807, 2.05) is 12.2 Å². The lowest BCUT2D eigenvalue weighted by Gasteiger charge is -2.12. The third-order valence-electron chi connectivity index (χ3n) is 8.17. The van der Waals surface area contributed by atoms with E-state index in [2.05, 4.69) is 19.9 Å². The van der Waals surface area contributed by atoms with Gasteiger partial charge in [-0.3, -0.25) is 14.4 Å². The van der Waals surface area contributed by atoms with Crippen LogP contribution in [-0.2, 0) is 23.9 Å². The van der Waals surface area contributed by atoms with Crippen LogP contribution in [0.2, 0.25) is 0 Å². The number of allylic oxidation sites excluding steroid dienone is 4. The Kier molecular flexibility index (Phi) is 33.4. The molecule has 0 rings (SSSR count). The highest BCUT2D eigenvalue weighted by molar-refractivity contribution is 5.89. The van der Waals surface area contributed by atoms with E-state index >= 15 is 0 Å². The van der Waals surface area contributed by atoms with E-state index in [-0.39, 0.29) is 30.9 Å². The molecule has 0 heterocycles. The van der Waals surface area contributed by atoms with E-state index in [4.69, 9.17) is 9.47 Å². The number of carbonyl (C=O) groups excluding carboxylic acids is 3. The van der Waals surface area contributed by atoms with Crippen LogP contribution in [0.1, 0.15) is 187 Å². The van der Waals surface area contributed by atoms with Crippen molar-refractivity contribution >= 4 is 17.7 Å². The van der Waals surface area contributed by atoms with Crippen LogP contribution in [-0.4, -0.2) is 42.1 Å². The first-order chi connectivity index (χ1) is 22.0. The molecule has 0 radical (unpaired) electrons. The Morgan fingerprint density at radius 2 is 0.889 bits per heavy atom. The van der Waals surface area contributed by atoms with Crippen molar-refractivity contribution in [2.45, 2.75) is 193 Å². The smallest absolute Gasteiger partial charge is 0.305 e. The molecule has 262 valence electrons. The minimum Gasteiger partial charge on any atom is -0.463 e. The van der Waals surface area contributed by atoms with Gasteiger partial charge < -0.3 is 14.6 Å². The largest absolute Gasteiger partial charge is 0.463 e. The molecule has 0 fully saturated rings. The Labute approximate surface area is 277 Å². The summed E-state index contributed by atoms with van der Waals surface area (Å²) < 4.78 is 10.3. The Hall–Kier alpha value is -1.95. The average molecular weight is 635 g/mol. The van der Waals surface area contributed by atoms with Crippen molar-refractivity contribution in [3.63, 3.8) is 0 Å². The summed E-state index contributed by atoms with van der Waals surface area (Å²) in [6.45, 7) is 4.15. The van der Waals surface area contributed by atoms with E-state index in [1.165, 1.54) is 96.3 Å². The van der Waals surface area contributed by atoms with Gasteiger partial charge in [-0.2, -0.15) is 0 Å². The van der Waals surface area contributed by atoms with E-state index in [0.29, 0.717) is 19.3 Å². The van der Waals surface area contributed by atoms with Gasteiger partial charge in [-0.1, -0.05) is 154 Å². The van der Waals surface area contributed by atoms with Gasteiger partial charge in [0.15, 0.2) is 5.78 Å². The highest BCUT2D eigenvalue weighted by atomic mass is 16.6. The molecule has 1 atom stereocenters. The fraction of sp³-hybridized carbons (Fsp3) is 0.821. The van der Waals surface area contributed by atoms with Crippen molar-refractivity contribution in [1.82, 2.24) is 0 Å². The third-order valence-corrected chi connectivity index (χ3v) is 8.17. The highest BCUT2D eigenvalue weighted by Gasteiger charge is 2.12. The van der Waals surface area contributed by atoms with Crippen LogP contribution in [0.25, 0.3) is 0 Å². The summed E-state index contributed by atoms with van der Waals surface area (Å²) in [4.78, 5) is 35.8. The lowest BCUT2D eigenvalue weighted by molar-refractivity contribution is -0.152. The molecule has 0 aliphatic heterocycles. The van der Waals surface area contributed by atoms with Crippen molar-refractivity contribution in [2.24, 2.45) is 0 Å². The fourth-order valence-electron chi connectivity index (χ4n) is 5.24. The molecule has 6 heteroatoms. The molecule has 6 nitrogen and oxygen atoms in total. The van der Waals surface area contributed by atoms with Gasteiger partial charge in [0.2, 0.25) is 0 Å². The minimum atomic E-state index is -0.998. The normalized spacial score (nSPS) is 12.2. The maximum atomic E-state index is 11.9. The van der Waals surface area contributed by atoms with Gasteiger partial charge in [-0.15, -0.1) is 0 Å². The zero-order valence-electron chi connectivity index (χ0n) is 29.4. The van der Waals surface area contributed by atoms with Gasteiger partial charge >= 0.3 is 11.9 Å². The summed E-state index contributed by atoms with van der Waals surface area (Å²) >= 11 is 0. The van der Waals surface area contributed by atoms with Crippen molar-refractivity contribution in [3.8, 4) is 0 Å². The van der Waals surface area contributed by atoms with Crippen LogP contribution in [0.5, 0.6) is 0 Å². The molecule has 0 amide bonds. The number of unbranched alkanes of at least 4 members (excludes halogenated alkanes) is 21. The van der Waals surface area contributed by atoms with Gasteiger partial charge in [-0.25, -0.2) is 0 Å². The van der Waals surface area contributed by atoms with Gasteiger partial charge in [0, 0.05) is 19.3 Å². The number of hydrogen-bond donors (Lipinski definition) is 1. The molecule has 0 saturated carbocycles. The first-order valence-corrected chi connectivity index (χ1v) is 18.8. The Morgan fingerprint density at radius 1 is 0.511 bits per heavy atom. The van der Waals surface area contributed by atoms with Crippen molar-refractivity contribution in [2.75, 3.05) is 13.2 Å². The SMILES string of the molecule is CCCCC/C=C\C=C\C(=O)CCCCCCCC(=O)OC[C@@H](O)COC(=O)CCCCCCCCCCCCCCCCC. The van der Waals surface area contributed by atoms with Crippen molar-refractivity contribution in [1.29, 1.82) is 0 Å². The topological polar surface area (TPSA) is 89.9 Å². The first-order valence-electron chi connectivity index (χ1n) is 18.8. The number of hydrogen-bond acceptors (Lipinski definition) is 6. The number of carbonyl (C=O) groups is 3. The molecule has 0 aliphatic rings. The van der Waals surface area contributed by atoms with E-state index in [0.717, 1.165) is 57.8 Å². The summed E-state index contributed by atoms with van der Waals surface area (Å²) in [6, 6.07) is 0. The van der Waals surface area contributed by atoms with Crippen LogP contribution < -0.4 is 0 Å². The standard InChI is InChI=1S/C39H70O6/c1-3-5-7-9-11-12-13-14-15-16-17-18-20-24-28-32-38(42)44-34-37(41)35-45-39(43)33-29-25-21-23-27-31-36(40)30-26-22-19-10-8-6-4-2/h19,22,26,30,37,41H,3-18,20-21,23-25,27-29,31-35H2,1-2H3/b22-19-,30-26+/t37-/m0/s1. The van der Waals surface area contributed by atoms with Crippen LogP contribution in [0, 0.1) is 0 Å². The van der Waals surface area contributed by atoms with E-state index < -0.39 is 6.10 Å². The molecule has 0 unspecified atom stereocenters. The zero-order valence-corrected chi connectivity index (χ0v) is 29.4. The van der Waals surface area contributed by atoms with Crippen LogP contribution in [0.4, 0.5) is 0 Å². The second-order valence-corrected chi connectivity index (χ2v) is 12.7. The summed E-state index contributed by atoms with van der Waals surface area (Å²) in [5.41, 5.74) is 0. The van der Waals surface area contributed by atoms with Crippen molar-refractivity contribution in [3.05, 3.63) is 24.3 Å². The predicted molar refractivity (Wildman–Crippen MR) is 187 cm³/mol. The molecule has 0 aliphatic carbocycles. The van der Waals surface area contributed by atoms with Crippen LogP contribution in [0.3, 0.4) is 0 Å². The van der Waals surface area contributed by atoms with E-state index in [9.17, 15) is 19.5 Å². The van der Waals surface area contributed by atoms with Gasteiger partial charge in [-0.05, 0) is 38.2 Å². The monoisotopic (exact) mass is 635 g/mol. The van der Waals surface area contributed by atoms with Crippen LogP contribution in [0.15, 0.2) is 24.3 Å². The Balaban J connectivity index is 3.51. The predicted octanol–water partition coefficient (Wildman–Crippen LogP) is 10.7. The third kappa shape index (κ3) is 34.8. The minimum absolute atomic E-state index is 0.145. The molecule has 1 N–H and O–H groups in total. The summed E-state index contributed by atoms with van der Waals surface area (Å²) in [6.07, 6.45) is 36.2. The lowest BCUT2D eigenvalue weighted by atomic mass is 10.0. The summed E-state index contributed by atoms with van der Waals surface area (Å²) in [5, 5.41) is 9.99. The molecule has 0 saturated heterocycles. The highest BCUT2D eigenvalue weighted by Crippen LogP contribution is 2.14. The molecular formula is C39H70O6. The molecule has 0 aromatic carbocycles. The van der Waals surface area contributed by atoms with E-state index in [1.54, 1.807) is 6.08 Å². The molecule has 45 heavy (non-hydrogen) atoms. The molecule has 0 bridgehead atoms. The molecule has 0 spiro atoms. The number of ketones is 1. The Bertz CT molecular complexity index is 744. The molecule has 0 aromatic rings. The quantitative estimate of drug-likeness (QED) is 0.0328. The number of aliphatic hydroxyl groups is 1. The zero-order chi connectivity index (χ0) is 33.1. The Morgan fingerprint density at radius 3 is 1.33 bits per heavy atom. The number of ether oxygens (including phenoxy) is 2. The van der Waals surface area contributed by atoms with Gasteiger partial charge in [0.1, 0.15) is 19.3 Å². The van der Waals surface area contributed by atoms with Crippen molar-refractivity contribution < 1.29 is 29.0 Å². The summed E-state index contributed by atoms with van der Waals surface area (Å²) in [5.74, 6) is -0.491. The van der Waals surface area contributed by atoms with Crippen LogP contribution >= 0.6 is 0 Å². The molecule has 0 aromatic heterocycles. The number of rotatable bonds is 34. The van der Waals surface area contributed by atoms with Gasteiger partial charge in [0.25, 0.3) is 0 Å². The maximum absolute atomic E-state index is 11.9. The summed E-state index contributed by atoms with van der Waals surface area (Å²) in [7, 11) is 0. The lowest BCUT2D eigenvalue weighted by Crippen LogP contribution is -2.25. The van der Waals surface area contributed by atoms with Gasteiger partial charge in [0.05, 0.1) is 0 Å². The molecular weight excluding hydrogens is 564 g/mol. The second-order valence-electron chi connectivity index (χ2n) is 12.7. The number of esters is 2. The maximum Gasteiger partial charge on any atom is 0.305 e.